The molecule has 0 bridgehead atoms. The first-order valence-corrected chi connectivity index (χ1v) is 6.27. The molecule has 23 heavy (non-hydrogen) atoms. The average Bonchev–Trinajstić information content (AvgIpc) is 2.48. The number of hydrazone groups is 1. The summed E-state index contributed by atoms with van der Waals surface area (Å²) in [4.78, 5) is 11.7. The lowest BCUT2D eigenvalue weighted by Gasteiger charge is -2.10. The van der Waals surface area contributed by atoms with Crippen LogP contribution in [0.2, 0.25) is 0 Å². The zero-order chi connectivity index (χ0) is 17.0. The number of phenolic OH excluding ortho intramolecular Hbond substituents is 1. The summed E-state index contributed by atoms with van der Waals surface area (Å²) in [7, 11) is 0. The molecule has 0 heterocycles. The van der Waals surface area contributed by atoms with Gasteiger partial charge in [-0.2, -0.15) is 18.3 Å². The van der Waals surface area contributed by atoms with Crippen molar-refractivity contribution in [2.75, 3.05) is 0 Å². The van der Waals surface area contributed by atoms with Crippen LogP contribution in [0.5, 0.6) is 5.75 Å². The van der Waals surface area contributed by atoms with Gasteiger partial charge in [0.15, 0.2) is 0 Å². The van der Waals surface area contributed by atoms with Gasteiger partial charge in [0.05, 0.1) is 11.8 Å². The number of aromatic hydroxyl groups is 1. The maximum absolute atomic E-state index is 12.7. The van der Waals surface area contributed by atoms with E-state index >= 15 is 0 Å². The monoisotopic (exact) mass is 326 g/mol. The van der Waals surface area contributed by atoms with E-state index in [0.717, 1.165) is 30.5 Å². The van der Waals surface area contributed by atoms with Gasteiger partial charge in [0, 0.05) is 11.1 Å². The van der Waals surface area contributed by atoms with Crippen LogP contribution in [0.3, 0.4) is 0 Å². The molecular formula is C15H10F4N2O2. The van der Waals surface area contributed by atoms with Crippen LogP contribution in [0, 0.1) is 5.82 Å². The summed E-state index contributed by atoms with van der Waals surface area (Å²) in [6.45, 7) is 0. The zero-order valence-corrected chi connectivity index (χ0v) is 11.4. The van der Waals surface area contributed by atoms with Crippen LogP contribution in [0.1, 0.15) is 21.5 Å². The molecule has 0 saturated carbocycles. The molecule has 0 aliphatic carbocycles. The second kappa shape index (κ2) is 6.47. The summed E-state index contributed by atoms with van der Waals surface area (Å²) in [5.74, 6) is -2.17. The highest BCUT2D eigenvalue weighted by molar-refractivity contribution is 5.95. The minimum atomic E-state index is -4.70. The highest BCUT2D eigenvalue weighted by atomic mass is 19.4. The van der Waals surface area contributed by atoms with E-state index in [1.165, 1.54) is 18.2 Å². The van der Waals surface area contributed by atoms with Crippen LogP contribution in [-0.2, 0) is 6.18 Å². The highest BCUT2D eigenvalue weighted by Gasteiger charge is 2.34. The normalized spacial score (nSPS) is 11.7. The van der Waals surface area contributed by atoms with Gasteiger partial charge in [-0.15, -0.1) is 0 Å². The smallest absolute Gasteiger partial charge is 0.419 e. The Hall–Kier alpha value is -2.90. The molecule has 0 atom stereocenters. The van der Waals surface area contributed by atoms with Crippen molar-refractivity contribution in [3.63, 3.8) is 0 Å². The van der Waals surface area contributed by atoms with Crippen LogP contribution in [0.15, 0.2) is 47.6 Å². The lowest BCUT2D eigenvalue weighted by molar-refractivity contribution is -0.138. The predicted molar refractivity (Wildman–Crippen MR) is 74.6 cm³/mol. The fourth-order valence-electron chi connectivity index (χ4n) is 1.72. The first-order valence-electron chi connectivity index (χ1n) is 6.27. The van der Waals surface area contributed by atoms with E-state index in [0.29, 0.717) is 0 Å². The maximum Gasteiger partial charge on any atom is 0.419 e. The number of hydrogen-bond donors (Lipinski definition) is 2. The van der Waals surface area contributed by atoms with Crippen molar-refractivity contribution in [2.24, 2.45) is 5.10 Å². The molecule has 0 spiro atoms. The minimum Gasteiger partial charge on any atom is -0.507 e. The Morgan fingerprint density at radius 2 is 1.78 bits per heavy atom. The molecule has 0 radical (unpaired) electrons. The Balaban J connectivity index is 2.12. The lowest BCUT2D eigenvalue weighted by atomic mass is 10.1. The zero-order valence-electron chi connectivity index (χ0n) is 11.4. The lowest BCUT2D eigenvalue weighted by Crippen LogP contribution is -2.17. The van der Waals surface area contributed by atoms with Crippen molar-refractivity contribution < 1.29 is 27.5 Å². The van der Waals surface area contributed by atoms with Gasteiger partial charge < -0.3 is 5.11 Å². The van der Waals surface area contributed by atoms with E-state index in [-0.39, 0.29) is 11.1 Å². The fourth-order valence-corrected chi connectivity index (χ4v) is 1.72. The van der Waals surface area contributed by atoms with Gasteiger partial charge >= 0.3 is 6.18 Å². The molecule has 0 unspecified atom stereocenters. The number of para-hydroxylation sites is 1. The summed E-state index contributed by atoms with van der Waals surface area (Å²) in [6.07, 6.45) is -3.82. The summed E-state index contributed by atoms with van der Waals surface area (Å²) >= 11 is 0. The molecule has 0 fully saturated rings. The summed E-state index contributed by atoms with van der Waals surface area (Å²) in [6, 6.07) is 7.64. The number of halogens is 4. The molecule has 4 nitrogen and oxygen atoms in total. The van der Waals surface area contributed by atoms with Crippen LogP contribution in [-0.4, -0.2) is 17.2 Å². The Morgan fingerprint density at radius 3 is 2.39 bits per heavy atom. The summed E-state index contributed by atoms with van der Waals surface area (Å²) in [5, 5.41) is 13.1. The molecule has 2 rings (SSSR count). The number of nitrogens with zero attached hydrogens (tertiary/aromatic N) is 1. The maximum atomic E-state index is 12.7. The SMILES string of the molecule is O=C(NN=Cc1cccc(C(F)(F)F)c1O)c1ccc(F)cc1. The van der Waals surface area contributed by atoms with Crippen molar-refractivity contribution in [2.45, 2.75) is 6.18 Å². The van der Waals surface area contributed by atoms with Crippen LogP contribution >= 0.6 is 0 Å². The van der Waals surface area contributed by atoms with Crippen molar-refractivity contribution in [1.29, 1.82) is 0 Å². The van der Waals surface area contributed by atoms with Gasteiger partial charge in [0.2, 0.25) is 0 Å². The molecule has 2 aromatic rings. The molecule has 0 aliphatic rings. The molecular weight excluding hydrogens is 316 g/mol. The number of carbonyl (C=O) groups excluding carboxylic acids is 1. The molecule has 120 valence electrons. The molecule has 0 saturated heterocycles. The third kappa shape index (κ3) is 4.06. The van der Waals surface area contributed by atoms with Crippen LogP contribution < -0.4 is 5.43 Å². The van der Waals surface area contributed by atoms with Crippen molar-refractivity contribution >= 4 is 12.1 Å². The van der Waals surface area contributed by atoms with Crippen molar-refractivity contribution in [3.05, 3.63) is 65.0 Å². The van der Waals surface area contributed by atoms with Gasteiger partial charge in [-0.05, 0) is 36.4 Å². The number of benzene rings is 2. The predicted octanol–water partition coefficient (Wildman–Crippen LogP) is 3.31. The van der Waals surface area contributed by atoms with Gasteiger partial charge in [0.25, 0.3) is 5.91 Å². The Kier molecular flexibility index (Phi) is 4.63. The van der Waals surface area contributed by atoms with Crippen LogP contribution in [0.25, 0.3) is 0 Å². The van der Waals surface area contributed by atoms with Crippen molar-refractivity contribution in [1.82, 2.24) is 5.43 Å². The Bertz CT molecular complexity index is 740. The second-order valence-electron chi connectivity index (χ2n) is 4.45. The van der Waals surface area contributed by atoms with E-state index in [1.807, 2.05) is 0 Å². The largest absolute Gasteiger partial charge is 0.507 e. The number of nitrogens with one attached hydrogen (secondary N) is 1. The topological polar surface area (TPSA) is 61.7 Å². The Labute approximate surface area is 128 Å². The summed E-state index contributed by atoms with van der Waals surface area (Å²) < 4.78 is 50.6. The van der Waals surface area contributed by atoms with Gasteiger partial charge in [-0.1, -0.05) is 6.07 Å². The Morgan fingerprint density at radius 1 is 1.13 bits per heavy atom. The number of alkyl halides is 3. The van der Waals surface area contributed by atoms with E-state index < -0.39 is 29.2 Å². The number of carbonyl (C=O) groups is 1. The third-order valence-corrected chi connectivity index (χ3v) is 2.85. The standard InChI is InChI=1S/C15H10F4N2O2/c16-11-6-4-9(5-7-11)14(23)21-20-8-10-2-1-3-12(13(10)22)15(17,18)19/h1-8,22H,(H,21,23). The van der Waals surface area contributed by atoms with E-state index in [4.69, 9.17) is 0 Å². The number of hydrogen-bond acceptors (Lipinski definition) is 3. The quantitative estimate of drug-likeness (QED) is 0.516. The average molecular weight is 326 g/mol. The van der Waals surface area contributed by atoms with E-state index in [9.17, 15) is 27.5 Å². The number of amides is 1. The molecule has 1 amide bonds. The fraction of sp³-hybridized carbons (Fsp3) is 0.0667. The molecule has 2 N–H and O–H groups in total. The number of phenols is 1. The van der Waals surface area contributed by atoms with Gasteiger partial charge in [-0.3, -0.25) is 4.79 Å². The molecule has 0 aromatic heterocycles. The van der Waals surface area contributed by atoms with E-state index in [1.54, 1.807) is 0 Å². The van der Waals surface area contributed by atoms with Gasteiger partial charge in [-0.25, -0.2) is 9.82 Å². The summed E-state index contributed by atoms with van der Waals surface area (Å²) in [5.41, 5.74) is 0.779. The molecule has 2 aromatic carbocycles. The third-order valence-electron chi connectivity index (χ3n) is 2.85. The first kappa shape index (κ1) is 16.5. The molecule has 8 heteroatoms. The van der Waals surface area contributed by atoms with Gasteiger partial charge in [0.1, 0.15) is 11.6 Å². The first-order chi connectivity index (χ1) is 10.8. The van der Waals surface area contributed by atoms with Crippen LogP contribution in [0.4, 0.5) is 17.6 Å². The second-order valence-corrected chi connectivity index (χ2v) is 4.45. The van der Waals surface area contributed by atoms with Crippen molar-refractivity contribution in [3.8, 4) is 5.75 Å². The minimum absolute atomic E-state index is 0.122. The highest BCUT2D eigenvalue weighted by Crippen LogP contribution is 2.36. The number of rotatable bonds is 3. The molecule has 0 aliphatic heterocycles. The van der Waals surface area contributed by atoms with E-state index in [2.05, 4.69) is 10.5 Å².